The van der Waals surface area contributed by atoms with Gasteiger partial charge in [0.25, 0.3) is 0 Å². The van der Waals surface area contributed by atoms with Gasteiger partial charge >= 0.3 is 0 Å². The zero-order chi connectivity index (χ0) is 17.5. The van der Waals surface area contributed by atoms with Gasteiger partial charge in [-0.15, -0.1) is 11.8 Å². The maximum absolute atomic E-state index is 4.25. The fraction of sp³-hybridized carbons (Fsp3) is 0.647. The predicted octanol–water partition coefficient (Wildman–Crippen LogP) is 6.20. The van der Waals surface area contributed by atoms with Crippen molar-refractivity contribution in [2.45, 2.75) is 16.4 Å². The van der Waals surface area contributed by atoms with Gasteiger partial charge in [0.05, 0.1) is 0 Å². The molecule has 0 saturated carbocycles. The summed E-state index contributed by atoms with van der Waals surface area (Å²) < 4.78 is 0. The Balaban J connectivity index is 2.38. The molecule has 1 aromatic rings. The van der Waals surface area contributed by atoms with Gasteiger partial charge in [0.15, 0.2) is 0 Å². The van der Waals surface area contributed by atoms with Gasteiger partial charge in [-0.3, -0.25) is 0 Å². The molecule has 0 radical (unpaired) electrons. The van der Waals surface area contributed by atoms with Gasteiger partial charge in [-0.2, -0.15) is 72.3 Å². The number of thioether (sulfide) groups is 5. The highest BCUT2D eigenvalue weighted by molar-refractivity contribution is 8.03. The average Bonchev–Trinajstić information content (AvgIpc) is 2.61. The summed E-state index contributed by atoms with van der Waals surface area (Å²) >= 11 is 18.5. The number of thiol groups is 2. The van der Waals surface area contributed by atoms with Crippen LogP contribution in [-0.2, 0) is 11.5 Å². The fourth-order valence-corrected chi connectivity index (χ4v) is 7.58. The third-order valence-electron chi connectivity index (χ3n) is 3.11. The molecule has 0 bridgehead atoms. The van der Waals surface area contributed by atoms with Crippen molar-refractivity contribution in [2.75, 3.05) is 52.3 Å². The van der Waals surface area contributed by atoms with Crippen molar-refractivity contribution in [3.8, 4) is 0 Å². The molecule has 0 aliphatic heterocycles. The highest BCUT2D eigenvalue weighted by Crippen LogP contribution is 2.31. The molecule has 0 unspecified atom stereocenters. The Morgan fingerprint density at radius 2 is 1.17 bits per heavy atom. The van der Waals surface area contributed by atoms with E-state index in [9.17, 15) is 0 Å². The minimum atomic E-state index is 0.985. The van der Waals surface area contributed by atoms with E-state index >= 15 is 0 Å². The molecule has 0 nitrogen and oxygen atoms in total. The highest BCUT2D eigenvalue weighted by Gasteiger charge is 2.08. The van der Waals surface area contributed by atoms with E-state index < -0.39 is 0 Å². The molecule has 0 saturated heterocycles. The monoisotopic (exact) mass is 456 g/mol. The Kier molecular flexibility index (Phi) is 16.6. The number of hydrogen-bond donors (Lipinski definition) is 2. The van der Waals surface area contributed by atoms with Gasteiger partial charge in [-0.25, -0.2) is 0 Å². The molecule has 0 amide bonds. The molecule has 138 valence electrons. The zero-order valence-corrected chi connectivity index (χ0v) is 20.1. The van der Waals surface area contributed by atoms with Crippen molar-refractivity contribution in [3.05, 3.63) is 29.3 Å². The lowest BCUT2D eigenvalue weighted by Crippen LogP contribution is -1.95. The van der Waals surface area contributed by atoms with Crippen LogP contribution in [0.15, 0.2) is 23.1 Å². The van der Waals surface area contributed by atoms with Gasteiger partial charge < -0.3 is 0 Å². The molecule has 0 aromatic heterocycles. The Morgan fingerprint density at radius 1 is 0.708 bits per heavy atom. The topological polar surface area (TPSA) is 0 Å². The van der Waals surface area contributed by atoms with Gasteiger partial charge in [0.1, 0.15) is 0 Å². The van der Waals surface area contributed by atoms with E-state index in [1.807, 2.05) is 35.3 Å². The molecule has 0 aliphatic rings. The molecule has 0 heterocycles. The Morgan fingerprint density at radius 3 is 1.58 bits per heavy atom. The summed E-state index contributed by atoms with van der Waals surface area (Å²) in [5, 5.41) is 0. The van der Waals surface area contributed by atoms with Crippen LogP contribution < -0.4 is 0 Å². The van der Waals surface area contributed by atoms with Crippen molar-refractivity contribution in [3.63, 3.8) is 0 Å². The van der Waals surface area contributed by atoms with Gasteiger partial charge in [0.2, 0.25) is 0 Å². The second kappa shape index (κ2) is 16.8. The Bertz CT molecular complexity index is 391. The van der Waals surface area contributed by atoms with Crippen LogP contribution in [0, 0.1) is 0 Å². The van der Waals surface area contributed by atoms with Crippen molar-refractivity contribution in [2.24, 2.45) is 0 Å². The summed E-state index contributed by atoms with van der Waals surface area (Å²) in [6.45, 7) is 0. The molecular weight excluding hydrogens is 429 g/mol. The predicted molar refractivity (Wildman–Crippen MR) is 133 cm³/mol. The van der Waals surface area contributed by atoms with E-state index in [4.69, 9.17) is 0 Å². The van der Waals surface area contributed by atoms with E-state index in [1.54, 1.807) is 0 Å². The molecule has 7 heteroatoms. The third-order valence-corrected chi connectivity index (χ3v) is 9.60. The molecular formula is C17H28S7. The minimum Gasteiger partial charge on any atom is -0.179 e. The maximum atomic E-state index is 4.25. The van der Waals surface area contributed by atoms with Crippen LogP contribution in [0.5, 0.6) is 0 Å². The maximum Gasteiger partial charge on any atom is 0.0196 e. The largest absolute Gasteiger partial charge is 0.179 e. The van der Waals surface area contributed by atoms with Crippen LogP contribution in [0.3, 0.4) is 0 Å². The standard InChI is InChI=1S/C17H28S7/c1-20-17-15(13-23-11-9-21-7-5-18)3-2-4-16(17)14-24-12-10-22-8-6-19/h2-4,18-19H,5-14H2,1H3. The first-order valence-corrected chi connectivity index (χ1v) is 15.1. The lowest BCUT2D eigenvalue weighted by atomic mass is 10.1. The van der Waals surface area contributed by atoms with E-state index in [1.165, 1.54) is 50.5 Å². The first kappa shape index (κ1) is 23.7. The van der Waals surface area contributed by atoms with Crippen LogP contribution in [0.1, 0.15) is 11.1 Å². The number of hydrogen-bond acceptors (Lipinski definition) is 7. The normalized spacial score (nSPS) is 11.1. The van der Waals surface area contributed by atoms with Gasteiger partial charge in [-0.05, 0) is 28.9 Å². The van der Waals surface area contributed by atoms with Gasteiger partial charge in [0, 0.05) is 50.9 Å². The lowest BCUT2D eigenvalue weighted by molar-refractivity contribution is 1.18. The Labute approximate surface area is 180 Å². The average molecular weight is 457 g/mol. The highest BCUT2D eigenvalue weighted by atomic mass is 32.2. The van der Waals surface area contributed by atoms with Crippen LogP contribution in [0.4, 0.5) is 0 Å². The van der Waals surface area contributed by atoms with Crippen LogP contribution in [0.25, 0.3) is 0 Å². The smallest absolute Gasteiger partial charge is 0.0196 e. The minimum absolute atomic E-state index is 0.985. The molecule has 0 atom stereocenters. The second-order valence-corrected chi connectivity index (χ2v) is 11.3. The lowest BCUT2D eigenvalue weighted by Gasteiger charge is -2.13. The zero-order valence-electron chi connectivity index (χ0n) is 14.2. The van der Waals surface area contributed by atoms with Crippen LogP contribution >= 0.6 is 84.1 Å². The summed E-state index contributed by atoms with van der Waals surface area (Å²) in [4.78, 5) is 1.50. The second-order valence-electron chi connectivity index (χ2n) is 4.89. The molecule has 0 spiro atoms. The van der Waals surface area contributed by atoms with E-state index in [0.29, 0.717) is 0 Å². The Hall–Kier alpha value is 1.67. The SMILES string of the molecule is CSc1c(CSCCSCCS)cccc1CSCCSCCS. The quantitative estimate of drug-likeness (QED) is 0.183. The van der Waals surface area contributed by atoms with E-state index in [-0.39, 0.29) is 0 Å². The molecule has 0 N–H and O–H groups in total. The fourth-order valence-electron chi connectivity index (χ4n) is 2.06. The van der Waals surface area contributed by atoms with Crippen molar-refractivity contribution < 1.29 is 0 Å². The number of benzene rings is 1. The summed E-state index contributed by atoms with van der Waals surface area (Å²) in [7, 11) is 0. The van der Waals surface area contributed by atoms with Crippen LogP contribution in [-0.4, -0.2) is 52.3 Å². The molecule has 0 fully saturated rings. The molecule has 0 aliphatic carbocycles. The van der Waals surface area contributed by atoms with Crippen LogP contribution in [0.2, 0.25) is 0 Å². The van der Waals surface area contributed by atoms with E-state index in [2.05, 4.69) is 73.2 Å². The molecule has 1 rings (SSSR count). The third kappa shape index (κ3) is 10.7. The van der Waals surface area contributed by atoms with Crippen molar-refractivity contribution >= 4 is 84.1 Å². The molecule has 24 heavy (non-hydrogen) atoms. The first-order chi connectivity index (χ1) is 11.8. The van der Waals surface area contributed by atoms with Gasteiger partial charge in [-0.1, -0.05) is 18.2 Å². The first-order valence-electron chi connectivity index (χ1n) is 8.01. The summed E-state index contributed by atoms with van der Waals surface area (Å²) in [5.74, 6) is 11.5. The van der Waals surface area contributed by atoms with Crippen molar-refractivity contribution in [1.82, 2.24) is 0 Å². The molecule has 1 aromatic carbocycles. The van der Waals surface area contributed by atoms with E-state index in [0.717, 1.165) is 23.0 Å². The summed E-state index contributed by atoms with van der Waals surface area (Å²) in [5.41, 5.74) is 3.02. The number of rotatable bonds is 15. The summed E-state index contributed by atoms with van der Waals surface area (Å²) in [6.07, 6.45) is 2.21. The summed E-state index contributed by atoms with van der Waals surface area (Å²) in [6, 6.07) is 6.84. The van der Waals surface area contributed by atoms with Crippen molar-refractivity contribution in [1.29, 1.82) is 0 Å².